The summed E-state index contributed by atoms with van der Waals surface area (Å²) >= 11 is 0. The van der Waals surface area contributed by atoms with E-state index in [9.17, 15) is 5.11 Å². The van der Waals surface area contributed by atoms with Crippen LogP contribution in [0.25, 0.3) is 0 Å². The van der Waals surface area contributed by atoms with Crippen LogP contribution in [0.3, 0.4) is 0 Å². The van der Waals surface area contributed by atoms with E-state index in [1.165, 1.54) is 16.8 Å². The Hall–Kier alpha value is -2.66. The number of aliphatic hydroxyl groups is 1. The number of methoxy groups -OCH3 is 2. The molecule has 5 heteroatoms. The molecule has 2 heterocycles. The van der Waals surface area contributed by atoms with Gasteiger partial charge in [0.1, 0.15) is 11.9 Å². The molecule has 0 saturated carbocycles. The van der Waals surface area contributed by atoms with E-state index in [2.05, 4.69) is 29.2 Å². The summed E-state index contributed by atoms with van der Waals surface area (Å²) in [4.78, 5) is 2.41. The van der Waals surface area contributed by atoms with Crippen molar-refractivity contribution < 1.29 is 19.3 Å². The summed E-state index contributed by atoms with van der Waals surface area (Å²) in [6.45, 7) is 1.72. The number of aliphatic hydroxyl groups excluding tert-OH is 1. The highest BCUT2D eigenvalue weighted by Gasteiger charge is 2.52. The smallest absolute Gasteiger partial charge is 0.166 e. The van der Waals surface area contributed by atoms with E-state index in [0.717, 1.165) is 36.8 Å². The van der Waals surface area contributed by atoms with Gasteiger partial charge in [-0.05, 0) is 42.3 Å². The second kappa shape index (κ2) is 6.45. The maximum atomic E-state index is 10.2. The minimum Gasteiger partial charge on any atom is -0.497 e. The molecule has 1 spiro atoms. The average molecular weight is 379 g/mol. The van der Waals surface area contributed by atoms with Gasteiger partial charge in [-0.15, -0.1) is 0 Å². The fourth-order valence-electron chi connectivity index (χ4n) is 4.95. The first kappa shape index (κ1) is 17.4. The Morgan fingerprint density at radius 3 is 2.68 bits per heavy atom. The van der Waals surface area contributed by atoms with E-state index < -0.39 is 6.10 Å². The van der Waals surface area contributed by atoms with Crippen LogP contribution in [-0.4, -0.2) is 38.1 Å². The van der Waals surface area contributed by atoms with Crippen molar-refractivity contribution in [2.45, 2.75) is 37.0 Å². The van der Waals surface area contributed by atoms with Crippen LogP contribution in [0.5, 0.6) is 17.2 Å². The lowest BCUT2D eigenvalue weighted by atomic mass is 9.69. The third-order valence-corrected chi connectivity index (χ3v) is 6.39. The average Bonchev–Trinajstić information content (AvgIpc) is 2.96. The Balaban J connectivity index is 1.60. The summed E-state index contributed by atoms with van der Waals surface area (Å²) in [5.41, 5.74) is 3.46. The summed E-state index contributed by atoms with van der Waals surface area (Å²) in [6.07, 6.45) is 5.13. The van der Waals surface area contributed by atoms with Crippen molar-refractivity contribution in [2.24, 2.45) is 0 Å². The van der Waals surface area contributed by atoms with Crippen molar-refractivity contribution in [1.29, 1.82) is 0 Å². The quantitative estimate of drug-likeness (QED) is 0.828. The lowest BCUT2D eigenvalue weighted by molar-refractivity contribution is 0.0856. The van der Waals surface area contributed by atoms with Crippen LogP contribution in [0.2, 0.25) is 0 Å². The van der Waals surface area contributed by atoms with Crippen molar-refractivity contribution in [3.8, 4) is 17.2 Å². The fraction of sp³-hybridized carbons (Fsp3) is 0.391. The van der Waals surface area contributed by atoms with Crippen molar-refractivity contribution in [1.82, 2.24) is 0 Å². The van der Waals surface area contributed by atoms with Crippen LogP contribution in [0.4, 0.5) is 5.69 Å². The highest BCUT2D eigenvalue weighted by molar-refractivity contribution is 5.63. The number of rotatable bonds is 3. The zero-order valence-corrected chi connectivity index (χ0v) is 16.2. The van der Waals surface area contributed by atoms with Crippen LogP contribution in [0, 0.1) is 0 Å². The molecule has 0 bridgehead atoms. The molecule has 0 radical (unpaired) electrons. The Bertz CT molecular complexity index is 923. The lowest BCUT2D eigenvalue weighted by Gasteiger charge is -2.36. The van der Waals surface area contributed by atoms with Gasteiger partial charge in [-0.25, -0.2) is 0 Å². The van der Waals surface area contributed by atoms with E-state index >= 15 is 0 Å². The van der Waals surface area contributed by atoms with Gasteiger partial charge >= 0.3 is 0 Å². The summed E-state index contributed by atoms with van der Waals surface area (Å²) < 4.78 is 17.3. The summed E-state index contributed by atoms with van der Waals surface area (Å²) in [7, 11) is 3.37. The molecule has 0 aromatic heterocycles. The van der Waals surface area contributed by atoms with Gasteiger partial charge in [0, 0.05) is 30.8 Å². The minimum absolute atomic E-state index is 0.0617. The number of nitrogens with zero attached hydrogens (tertiary/aromatic N) is 1. The Morgan fingerprint density at radius 2 is 1.93 bits per heavy atom. The van der Waals surface area contributed by atoms with Crippen LogP contribution in [0.1, 0.15) is 24.0 Å². The standard InChI is InChI=1S/C23H25NO4/c1-26-18-6-4-16(5-7-18)24-12-11-23-10-9-17(25)13-20(23)28-22-19(27-2)8-3-15(14-24)21(22)23/h3-10,17,20,25H,11-14H2,1-2H3/t17-,20-,23-/m0/s1. The van der Waals surface area contributed by atoms with Crippen molar-refractivity contribution in [3.63, 3.8) is 0 Å². The van der Waals surface area contributed by atoms with Crippen molar-refractivity contribution in [2.75, 3.05) is 25.7 Å². The molecule has 1 aliphatic carbocycles. The van der Waals surface area contributed by atoms with E-state index in [1.54, 1.807) is 14.2 Å². The maximum absolute atomic E-state index is 10.2. The summed E-state index contributed by atoms with van der Waals surface area (Å²) in [6, 6.07) is 12.4. The monoisotopic (exact) mass is 379 g/mol. The first-order chi connectivity index (χ1) is 13.6. The SMILES string of the molecule is COc1ccc(N2CC[C@@]34C=C[C@H](O)C[C@@H]3Oc3c(OC)ccc(c34)C2)cc1. The minimum atomic E-state index is -0.458. The van der Waals surface area contributed by atoms with Gasteiger partial charge in [0.25, 0.3) is 0 Å². The molecule has 2 aliphatic heterocycles. The Labute approximate surface area is 165 Å². The molecule has 2 aromatic carbocycles. The lowest BCUT2D eigenvalue weighted by Crippen LogP contribution is -2.43. The van der Waals surface area contributed by atoms with E-state index in [0.29, 0.717) is 6.42 Å². The predicted molar refractivity (Wildman–Crippen MR) is 108 cm³/mol. The number of ether oxygens (including phenoxy) is 3. The zero-order chi connectivity index (χ0) is 19.3. The molecular formula is C23H25NO4. The second-order valence-electron chi connectivity index (χ2n) is 7.81. The molecule has 5 nitrogen and oxygen atoms in total. The summed E-state index contributed by atoms with van der Waals surface area (Å²) in [5.74, 6) is 2.48. The third kappa shape index (κ3) is 2.49. The van der Waals surface area contributed by atoms with E-state index in [4.69, 9.17) is 14.2 Å². The van der Waals surface area contributed by atoms with Gasteiger partial charge in [0.05, 0.1) is 25.7 Å². The van der Waals surface area contributed by atoms with Gasteiger partial charge in [-0.1, -0.05) is 18.2 Å². The molecule has 0 fully saturated rings. The summed E-state index contributed by atoms with van der Waals surface area (Å²) in [5, 5.41) is 10.2. The van der Waals surface area contributed by atoms with Crippen LogP contribution < -0.4 is 19.1 Å². The molecule has 5 rings (SSSR count). The molecule has 28 heavy (non-hydrogen) atoms. The first-order valence-electron chi connectivity index (χ1n) is 9.78. The molecule has 1 N–H and O–H groups in total. The fourth-order valence-corrected chi connectivity index (χ4v) is 4.95. The predicted octanol–water partition coefficient (Wildman–Crippen LogP) is 3.43. The Kier molecular flexibility index (Phi) is 4.02. The molecule has 3 aliphatic rings. The van der Waals surface area contributed by atoms with Crippen LogP contribution >= 0.6 is 0 Å². The van der Waals surface area contributed by atoms with Gasteiger partial charge in [-0.3, -0.25) is 0 Å². The number of hydrogen-bond donors (Lipinski definition) is 1. The number of hydrogen-bond acceptors (Lipinski definition) is 5. The normalized spacial score (nSPS) is 27.5. The highest BCUT2D eigenvalue weighted by Crippen LogP contribution is 2.55. The molecule has 146 valence electrons. The van der Waals surface area contributed by atoms with Gasteiger partial charge in [0.2, 0.25) is 0 Å². The molecular weight excluding hydrogens is 354 g/mol. The van der Waals surface area contributed by atoms with Crippen LogP contribution in [-0.2, 0) is 12.0 Å². The Morgan fingerprint density at radius 1 is 1.11 bits per heavy atom. The van der Waals surface area contributed by atoms with Gasteiger partial charge < -0.3 is 24.2 Å². The molecule has 0 amide bonds. The highest BCUT2D eigenvalue weighted by atomic mass is 16.5. The largest absolute Gasteiger partial charge is 0.497 e. The third-order valence-electron chi connectivity index (χ3n) is 6.39. The van der Waals surface area contributed by atoms with Crippen molar-refractivity contribution in [3.05, 3.63) is 59.7 Å². The van der Waals surface area contributed by atoms with E-state index in [1.807, 2.05) is 24.3 Å². The number of anilines is 1. The first-order valence-corrected chi connectivity index (χ1v) is 9.78. The van der Waals surface area contributed by atoms with Crippen molar-refractivity contribution >= 4 is 5.69 Å². The van der Waals surface area contributed by atoms with Gasteiger partial charge in [0.15, 0.2) is 11.5 Å². The zero-order valence-electron chi connectivity index (χ0n) is 16.2. The van der Waals surface area contributed by atoms with E-state index in [-0.39, 0.29) is 11.5 Å². The topological polar surface area (TPSA) is 51.2 Å². The van der Waals surface area contributed by atoms with Gasteiger partial charge in [-0.2, -0.15) is 0 Å². The maximum Gasteiger partial charge on any atom is 0.166 e. The van der Waals surface area contributed by atoms with Crippen LogP contribution in [0.15, 0.2) is 48.6 Å². The molecule has 2 aromatic rings. The molecule has 3 atom stereocenters. The second-order valence-corrected chi connectivity index (χ2v) is 7.81. The molecule has 0 saturated heterocycles. The molecule has 0 unspecified atom stereocenters. The number of benzene rings is 2.